The minimum absolute atomic E-state index is 0.0177. The van der Waals surface area contributed by atoms with Crippen molar-refractivity contribution in [2.24, 2.45) is 0 Å². The molecule has 0 bridgehead atoms. The van der Waals surface area contributed by atoms with E-state index in [4.69, 9.17) is 0 Å². The first-order valence-electron chi connectivity index (χ1n) is 8.70. The van der Waals surface area contributed by atoms with Crippen molar-refractivity contribution in [2.75, 3.05) is 17.7 Å². The van der Waals surface area contributed by atoms with Gasteiger partial charge in [0.1, 0.15) is 0 Å². The van der Waals surface area contributed by atoms with E-state index in [-0.39, 0.29) is 11.7 Å². The largest absolute Gasteiger partial charge is 0.388 e. The molecule has 0 aliphatic heterocycles. The molecule has 3 aromatic carbocycles. The summed E-state index contributed by atoms with van der Waals surface area (Å²) in [4.78, 5) is 25.9. The normalized spacial score (nSPS) is 10.4. The van der Waals surface area contributed by atoms with E-state index < -0.39 is 0 Å². The Morgan fingerprint density at radius 2 is 1.14 bits per heavy atom. The molecule has 3 aromatic rings. The lowest BCUT2D eigenvalue weighted by molar-refractivity contribution is 0.101. The van der Waals surface area contributed by atoms with Gasteiger partial charge < -0.3 is 10.6 Å². The molecule has 6 heteroatoms. The Hall–Kier alpha value is -2.70. The van der Waals surface area contributed by atoms with E-state index in [2.05, 4.69) is 22.8 Å². The number of ketones is 1. The summed E-state index contributed by atoms with van der Waals surface area (Å²) in [7, 11) is 5.26. The van der Waals surface area contributed by atoms with Crippen LogP contribution in [0.25, 0.3) is 0 Å². The minimum atomic E-state index is -0.200. The number of anilines is 2. The number of hydrogen-bond acceptors (Lipinski definition) is 5. The van der Waals surface area contributed by atoms with Gasteiger partial charge in [-0.25, -0.2) is 0 Å². The van der Waals surface area contributed by atoms with Crippen molar-refractivity contribution in [1.29, 1.82) is 0 Å². The van der Waals surface area contributed by atoms with Crippen LogP contribution in [0, 0.1) is 0 Å². The quantitative estimate of drug-likeness (QED) is 0.372. The number of hydrogen-bond donors (Lipinski definition) is 2. The Bertz CT molecular complexity index is 953. The lowest BCUT2D eigenvalue weighted by Gasteiger charge is -2.07. The Morgan fingerprint density at radius 1 is 0.679 bits per heavy atom. The zero-order chi connectivity index (χ0) is 19.9. The molecule has 0 saturated heterocycles. The highest BCUT2D eigenvalue weighted by Crippen LogP contribution is 2.37. The maximum Gasteiger partial charge on any atom is 0.255 e. The topological polar surface area (TPSA) is 58.2 Å². The van der Waals surface area contributed by atoms with E-state index in [1.807, 2.05) is 43.4 Å². The van der Waals surface area contributed by atoms with Crippen LogP contribution in [0.2, 0.25) is 0 Å². The molecule has 0 radical (unpaired) electrons. The van der Waals surface area contributed by atoms with Crippen LogP contribution in [0.5, 0.6) is 0 Å². The van der Waals surface area contributed by atoms with Crippen molar-refractivity contribution < 1.29 is 9.59 Å². The molecule has 0 heterocycles. The number of rotatable bonds is 7. The standard InChI is InChI=1S/C22H20N2O2S2/c1-15(25)16-3-5-17(6-4-16)22(26)24-19-9-13-21(14-10-19)28-27-20-11-7-18(23-2)8-12-20/h3-14,23H,1-2H3,(H,24,26). The predicted molar refractivity (Wildman–Crippen MR) is 119 cm³/mol. The highest BCUT2D eigenvalue weighted by atomic mass is 33.1. The molecule has 0 aliphatic rings. The molecule has 4 nitrogen and oxygen atoms in total. The summed E-state index contributed by atoms with van der Waals surface area (Å²) in [6.07, 6.45) is 0. The molecule has 142 valence electrons. The van der Waals surface area contributed by atoms with Crippen LogP contribution in [0.1, 0.15) is 27.6 Å². The molecule has 0 saturated carbocycles. The smallest absolute Gasteiger partial charge is 0.255 e. The van der Waals surface area contributed by atoms with Gasteiger partial charge in [0, 0.05) is 39.3 Å². The Labute approximate surface area is 172 Å². The lowest BCUT2D eigenvalue weighted by Crippen LogP contribution is -2.11. The van der Waals surface area contributed by atoms with E-state index >= 15 is 0 Å². The van der Waals surface area contributed by atoms with Crippen molar-refractivity contribution in [2.45, 2.75) is 16.7 Å². The highest BCUT2D eigenvalue weighted by Gasteiger charge is 2.07. The molecule has 28 heavy (non-hydrogen) atoms. The second-order valence-corrected chi connectivity index (χ2v) is 8.33. The van der Waals surface area contributed by atoms with Crippen LogP contribution in [0.4, 0.5) is 11.4 Å². The average molecular weight is 409 g/mol. The molecule has 0 spiro atoms. The predicted octanol–water partition coefficient (Wildman–Crippen LogP) is 5.98. The van der Waals surface area contributed by atoms with Gasteiger partial charge in [-0.15, -0.1) is 0 Å². The fraction of sp³-hybridized carbons (Fsp3) is 0.0909. The summed E-state index contributed by atoms with van der Waals surface area (Å²) < 4.78 is 0. The molecule has 0 unspecified atom stereocenters. The molecule has 0 fully saturated rings. The van der Waals surface area contributed by atoms with E-state index in [1.54, 1.807) is 45.9 Å². The third-order valence-electron chi connectivity index (χ3n) is 4.04. The molecular formula is C22H20N2O2S2. The van der Waals surface area contributed by atoms with Crippen LogP contribution in [0.15, 0.2) is 82.6 Å². The second kappa shape index (κ2) is 9.48. The van der Waals surface area contributed by atoms with Crippen molar-refractivity contribution in [3.63, 3.8) is 0 Å². The van der Waals surface area contributed by atoms with Crippen LogP contribution in [0.3, 0.4) is 0 Å². The van der Waals surface area contributed by atoms with Gasteiger partial charge in [0.2, 0.25) is 0 Å². The summed E-state index contributed by atoms with van der Waals surface area (Å²) in [5.41, 5.74) is 2.93. The third kappa shape index (κ3) is 5.41. The molecule has 3 rings (SSSR count). The van der Waals surface area contributed by atoms with E-state index in [9.17, 15) is 9.59 Å². The molecule has 0 atom stereocenters. The van der Waals surface area contributed by atoms with Crippen molar-refractivity contribution >= 4 is 44.7 Å². The first kappa shape index (κ1) is 20.0. The van der Waals surface area contributed by atoms with E-state index in [0.717, 1.165) is 16.3 Å². The zero-order valence-corrected chi connectivity index (χ0v) is 17.2. The van der Waals surface area contributed by atoms with E-state index in [0.29, 0.717) is 11.1 Å². The molecule has 1 amide bonds. The fourth-order valence-electron chi connectivity index (χ4n) is 2.43. The highest BCUT2D eigenvalue weighted by molar-refractivity contribution is 8.76. The number of benzene rings is 3. The van der Waals surface area contributed by atoms with Crippen LogP contribution >= 0.6 is 21.6 Å². The summed E-state index contributed by atoms with van der Waals surface area (Å²) >= 11 is 0. The van der Waals surface area contributed by atoms with Gasteiger partial charge in [0.15, 0.2) is 5.78 Å². The van der Waals surface area contributed by atoms with Gasteiger partial charge in [-0.2, -0.15) is 0 Å². The first-order valence-corrected chi connectivity index (χ1v) is 10.8. The summed E-state index contributed by atoms with van der Waals surface area (Å²) in [5, 5.41) is 5.98. The molecule has 0 aliphatic carbocycles. The zero-order valence-electron chi connectivity index (χ0n) is 15.6. The summed E-state index contributed by atoms with van der Waals surface area (Å²) in [6.45, 7) is 1.50. The van der Waals surface area contributed by atoms with Crippen LogP contribution in [-0.4, -0.2) is 18.7 Å². The van der Waals surface area contributed by atoms with Gasteiger partial charge in [-0.1, -0.05) is 33.7 Å². The minimum Gasteiger partial charge on any atom is -0.388 e. The first-order chi connectivity index (χ1) is 13.5. The van der Waals surface area contributed by atoms with Crippen molar-refractivity contribution in [3.05, 3.63) is 83.9 Å². The Balaban J connectivity index is 1.56. The molecule has 2 N–H and O–H groups in total. The number of carbonyl (C=O) groups excluding carboxylic acids is 2. The Morgan fingerprint density at radius 3 is 1.61 bits per heavy atom. The summed E-state index contributed by atoms with van der Waals surface area (Å²) in [6, 6.07) is 22.6. The fourth-order valence-corrected chi connectivity index (χ4v) is 4.36. The van der Waals surface area contributed by atoms with Gasteiger partial charge in [0.25, 0.3) is 5.91 Å². The van der Waals surface area contributed by atoms with E-state index in [1.165, 1.54) is 11.8 Å². The summed E-state index contributed by atoms with van der Waals surface area (Å²) in [5.74, 6) is -0.217. The van der Waals surface area contributed by atoms with Gasteiger partial charge in [-0.05, 0) is 67.6 Å². The number of carbonyl (C=O) groups is 2. The van der Waals surface area contributed by atoms with Crippen LogP contribution in [-0.2, 0) is 0 Å². The number of amides is 1. The lowest BCUT2D eigenvalue weighted by atomic mass is 10.1. The SMILES string of the molecule is CNc1ccc(SSc2ccc(NC(=O)c3ccc(C(C)=O)cc3)cc2)cc1. The number of Topliss-reactive ketones (excluding diaryl/α,β-unsaturated/α-hetero) is 1. The van der Waals surface area contributed by atoms with Crippen LogP contribution < -0.4 is 10.6 Å². The molecule has 0 aromatic heterocycles. The van der Waals surface area contributed by atoms with Crippen molar-refractivity contribution in [3.8, 4) is 0 Å². The van der Waals surface area contributed by atoms with Gasteiger partial charge in [-0.3, -0.25) is 9.59 Å². The van der Waals surface area contributed by atoms with Gasteiger partial charge in [0.05, 0.1) is 0 Å². The average Bonchev–Trinajstić information content (AvgIpc) is 2.73. The number of nitrogens with one attached hydrogen (secondary N) is 2. The monoisotopic (exact) mass is 408 g/mol. The maximum absolute atomic E-state index is 12.3. The maximum atomic E-state index is 12.3. The second-order valence-electron chi connectivity index (χ2n) is 6.05. The van der Waals surface area contributed by atoms with Crippen molar-refractivity contribution in [1.82, 2.24) is 0 Å². The van der Waals surface area contributed by atoms with Gasteiger partial charge >= 0.3 is 0 Å². The Kier molecular flexibility index (Phi) is 6.79. The molecular weight excluding hydrogens is 388 g/mol. The third-order valence-corrected chi connectivity index (χ3v) is 6.46.